The summed E-state index contributed by atoms with van der Waals surface area (Å²) in [6.45, 7) is 0. The fourth-order valence-electron chi connectivity index (χ4n) is 3.46. The van der Waals surface area contributed by atoms with E-state index >= 15 is 0 Å². The molecule has 4 rings (SSSR count). The fraction of sp³-hybridized carbons (Fsp3) is 0.0833. The molecule has 0 spiro atoms. The van der Waals surface area contributed by atoms with Gasteiger partial charge in [-0.2, -0.15) is 0 Å². The zero-order valence-electron chi connectivity index (χ0n) is 16.6. The van der Waals surface area contributed by atoms with Crippen LogP contribution in [0.15, 0.2) is 84.9 Å². The number of halogens is 3. The molecule has 3 N–H and O–H groups in total. The molecule has 162 valence electrons. The molecule has 4 aromatic carbocycles. The monoisotopic (exact) mass is 501 g/mol. The van der Waals surface area contributed by atoms with E-state index in [-0.39, 0.29) is 5.11 Å². The third kappa shape index (κ3) is 5.08. The molecule has 0 bridgehead atoms. The maximum atomic E-state index is 13.0. The number of alkyl halides is 3. The van der Waals surface area contributed by atoms with Crippen LogP contribution in [0.2, 0.25) is 0 Å². The van der Waals surface area contributed by atoms with Gasteiger partial charge in [-0.25, -0.2) is 0 Å². The van der Waals surface area contributed by atoms with Crippen LogP contribution in [-0.4, -0.2) is 21.0 Å². The van der Waals surface area contributed by atoms with Gasteiger partial charge in [-0.15, -0.1) is 0 Å². The molecule has 0 unspecified atom stereocenters. The Morgan fingerprint density at radius 3 is 2.00 bits per heavy atom. The predicted octanol–water partition coefficient (Wildman–Crippen LogP) is 6.41. The molecule has 0 aliphatic carbocycles. The van der Waals surface area contributed by atoms with E-state index in [4.69, 9.17) is 47.0 Å². The summed E-state index contributed by atoms with van der Waals surface area (Å²) in [5, 5.41) is 12.8. The molecule has 1 amide bonds. The van der Waals surface area contributed by atoms with Gasteiger partial charge >= 0.3 is 0 Å². The summed E-state index contributed by atoms with van der Waals surface area (Å²) in [6, 6.07) is 26.8. The topological polar surface area (TPSA) is 53.2 Å². The molecule has 0 aliphatic heterocycles. The first-order valence-corrected chi connectivity index (χ1v) is 11.3. The molecule has 32 heavy (non-hydrogen) atoms. The fourth-order valence-corrected chi connectivity index (χ4v) is 4.01. The van der Waals surface area contributed by atoms with Gasteiger partial charge in [-0.1, -0.05) is 108 Å². The molecule has 0 radical (unpaired) electrons. The van der Waals surface area contributed by atoms with Crippen LogP contribution in [0.5, 0.6) is 0 Å². The van der Waals surface area contributed by atoms with Gasteiger partial charge in [0.15, 0.2) is 5.11 Å². The van der Waals surface area contributed by atoms with Gasteiger partial charge in [-0.3, -0.25) is 4.79 Å². The second-order valence-electron chi connectivity index (χ2n) is 7.10. The minimum absolute atomic E-state index is 0.205. The first kappa shape index (κ1) is 22.6. The molecule has 0 fully saturated rings. The number of hydrogen-bond acceptors (Lipinski definition) is 2. The number of benzene rings is 4. The summed E-state index contributed by atoms with van der Waals surface area (Å²) >= 11 is 23.9. The Morgan fingerprint density at radius 1 is 0.750 bits per heavy atom. The van der Waals surface area contributed by atoms with E-state index in [0.717, 1.165) is 27.2 Å². The van der Waals surface area contributed by atoms with Crippen LogP contribution >= 0.6 is 47.0 Å². The first-order valence-electron chi connectivity index (χ1n) is 9.73. The van der Waals surface area contributed by atoms with Crippen LogP contribution in [0.1, 0.15) is 10.4 Å². The van der Waals surface area contributed by atoms with Gasteiger partial charge in [0.2, 0.25) is 3.79 Å². The largest absolute Gasteiger partial charge is 0.339 e. The van der Waals surface area contributed by atoms with Crippen molar-refractivity contribution in [3.8, 4) is 0 Å². The molecule has 0 aromatic heterocycles. The van der Waals surface area contributed by atoms with Gasteiger partial charge in [-0.05, 0) is 40.5 Å². The van der Waals surface area contributed by atoms with Crippen LogP contribution in [0, 0.1) is 0 Å². The Balaban J connectivity index is 1.54. The van der Waals surface area contributed by atoms with E-state index in [1.165, 1.54) is 0 Å². The van der Waals surface area contributed by atoms with E-state index in [1.807, 2.05) is 78.9 Å². The number of amides is 1. The molecule has 4 aromatic rings. The lowest BCUT2D eigenvalue weighted by molar-refractivity contribution is 0.0936. The third-order valence-electron chi connectivity index (χ3n) is 4.95. The zero-order chi connectivity index (χ0) is 22.7. The van der Waals surface area contributed by atoms with Crippen molar-refractivity contribution in [3.63, 3.8) is 0 Å². The highest BCUT2D eigenvalue weighted by Crippen LogP contribution is 2.30. The zero-order valence-corrected chi connectivity index (χ0v) is 19.7. The lowest BCUT2D eigenvalue weighted by Crippen LogP contribution is -2.56. The summed E-state index contributed by atoms with van der Waals surface area (Å²) in [5.74, 6) is -0.390. The predicted molar refractivity (Wildman–Crippen MR) is 139 cm³/mol. The van der Waals surface area contributed by atoms with Crippen LogP contribution in [0.4, 0.5) is 5.69 Å². The lowest BCUT2D eigenvalue weighted by atomic mass is 10.0. The molecular formula is C24H18Cl3N3OS. The Bertz CT molecular complexity index is 1300. The van der Waals surface area contributed by atoms with Gasteiger partial charge in [0.05, 0.1) is 0 Å². The standard InChI is InChI=1S/C24H18Cl3N3OS/c25-24(26,27)22(29-21(31)19-13-5-9-15-7-1-3-11-17(15)19)30-23(32)28-20-14-6-10-16-8-2-4-12-18(16)20/h1-14,22H,(H,29,31)(H2,28,30,32)/t22-/m1/s1. The van der Waals surface area contributed by atoms with Crippen molar-refractivity contribution in [2.75, 3.05) is 5.32 Å². The average molecular weight is 503 g/mol. The third-order valence-corrected chi connectivity index (χ3v) is 5.82. The van der Waals surface area contributed by atoms with Gasteiger partial charge in [0, 0.05) is 16.6 Å². The maximum Gasteiger partial charge on any atom is 0.253 e. The molecule has 0 heterocycles. The summed E-state index contributed by atoms with van der Waals surface area (Å²) < 4.78 is -1.86. The lowest BCUT2D eigenvalue weighted by Gasteiger charge is -2.28. The number of anilines is 1. The van der Waals surface area contributed by atoms with Gasteiger partial charge in [0.25, 0.3) is 5.91 Å². The van der Waals surface area contributed by atoms with Gasteiger partial charge in [0.1, 0.15) is 6.17 Å². The highest BCUT2D eigenvalue weighted by molar-refractivity contribution is 7.80. The molecule has 0 saturated carbocycles. The minimum atomic E-state index is -1.86. The van der Waals surface area contributed by atoms with Crippen molar-refractivity contribution >= 4 is 85.3 Å². The molecule has 4 nitrogen and oxygen atoms in total. The van der Waals surface area contributed by atoms with Crippen LogP contribution in [0.3, 0.4) is 0 Å². The Labute approximate surface area is 205 Å². The van der Waals surface area contributed by atoms with Crippen LogP contribution in [-0.2, 0) is 0 Å². The number of rotatable bonds is 4. The van der Waals surface area contributed by atoms with Crippen molar-refractivity contribution in [1.29, 1.82) is 0 Å². The average Bonchev–Trinajstić information content (AvgIpc) is 2.78. The highest BCUT2D eigenvalue weighted by Gasteiger charge is 2.35. The van der Waals surface area contributed by atoms with E-state index in [0.29, 0.717) is 5.56 Å². The smallest absolute Gasteiger partial charge is 0.253 e. The van der Waals surface area contributed by atoms with Crippen molar-refractivity contribution in [2.24, 2.45) is 0 Å². The van der Waals surface area contributed by atoms with Crippen LogP contribution < -0.4 is 16.0 Å². The van der Waals surface area contributed by atoms with Crippen molar-refractivity contribution in [2.45, 2.75) is 9.96 Å². The summed E-state index contributed by atoms with van der Waals surface area (Å²) in [5.41, 5.74) is 1.26. The normalized spacial score (nSPS) is 12.3. The van der Waals surface area contributed by atoms with E-state index in [1.54, 1.807) is 6.07 Å². The van der Waals surface area contributed by atoms with Crippen molar-refractivity contribution < 1.29 is 4.79 Å². The van der Waals surface area contributed by atoms with E-state index < -0.39 is 15.9 Å². The van der Waals surface area contributed by atoms with Crippen molar-refractivity contribution in [1.82, 2.24) is 10.6 Å². The molecular weight excluding hydrogens is 485 g/mol. The molecule has 0 aliphatic rings. The number of carbonyl (C=O) groups is 1. The summed E-state index contributed by atoms with van der Waals surface area (Å²) in [7, 11) is 0. The number of fused-ring (bicyclic) bond motifs is 2. The van der Waals surface area contributed by atoms with Gasteiger partial charge < -0.3 is 16.0 Å². The number of nitrogens with one attached hydrogen (secondary N) is 3. The first-order chi connectivity index (χ1) is 15.3. The minimum Gasteiger partial charge on any atom is -0.339 e. The number of hydrogen-bond donors (Lipinski definition) is 3. The molecule has 8 heteroatoms. The Kier molecular flexibility index (Phi) is 6.72. The second kappa shape index (κ2) is 9.51. The van der Waals surface area contributed by atoms with Crippen LogP contribution in [0.25, 0.3) is 21.5 Å². The molecule has 1 atom stereocenters. The number of carbonyl (C=O) groups excluding carboxylic acids is 1. The van der Waals surface area contributed by atoms with E-state index in [2.05, 4.69) is 16.0 Å². The second-order valence-corrected chi connectivity index (χ2v) is 9.88. The summed E-state index contributed by atoms with van der Waals surface area (Å²) in [4.78, 5) is 13.0. The number of thiocarbonyl (C=S) groups is 1. The Morgan fingerprint density at radius 2 is 1.31 bits per heavy atom. The SMILES string of the molecule is O=C(N[C@H](NC(=S)Nc1cccc2ccccc12)C(Cl)(Cl)Cl)c1cccc2ccccc12. The summed E-state index contributed by atoms with van der Waals surface area (Å²) in [6.07, 6.45) is -1.08. The Hall–Kier alpha value is -2.57. The highest BCUT2D eigenvalue weighted by atomic mass is 35.6. The maximum absolute atomic E-state index is 13.0. The van der Waals surface area contributed by atoms with Crippen molar-refractivity contribution in [3.05, 3.63) is 90.5 Å². The quantitative estimate of drug-likeness (QED) is 0.172. The van der Waals surface area contributed by atoms with E-state index in [9.17, 15) is 4.79 Å². The molecule has 0 saturated heterocycles.